The topological polar surface area (TPSA) is 84.3 Å². The highest BCUT2D eigenvalue weighted by Crippen LogP contribution is 2.13. The minimum absolute atomic E-state index is 0.420. The first-order chi connectivity index (χ1) is 10.3. The normalized spacial score (nSPS) is 12.0. The van der Waals surface area contributed by atoms with Crippen LogP contribution in [0, 0.1) is 0 Å². The second-order valence-corrected chi connectivity index (χ2v) is 5.89. The van der Waals surface area contributed by atoms with Crippen LogP contribution in [-0.2, 0) is 4.74 Å². The highest BCUT2D eigenvalue weighted by atomic mass is 16.6. The minimum atomic E-state index is -0.490. The molecular weight excluding hydrogens is 284 g/mol. The molecule has 0 saturated carbocycles. The zero-order valence-corrected chi connectivity index (χ0v) is 12.9. The summed E-state index contributed by atoms with van der Waals surface area (Å²) in [4.78, 5) is 25.1. The van der Waals surface area contributed by atoms with Crippen LogP contribution in [0.3, 0.4) is 0 Å². The molecule has 2 N–H and O–H groups in total. The van der Waals surface area contributed by atoms with Gasteiger partial charge in [-0.25, -0.2) is 9.59 Å². The zero-order valence-electron chi connectivity index (χ0n) is 12.9. The van der Waals surface area contributed by atoms with Gasteiger partial charge in [0.25, 0.3) is 0 Å². The Hall–Kier alpha value is -2.50. The maximum Gasteiger partial charge on any atom is 0.417 e. The molecule has 0 spiro atoms. The zero-order chi connectivity index (χ0) is 16.2. The Labute approximate surface area is 128 Å². The molecule has 1 aromatic carbocycles. The van der Waals surface area contributed by atoms with Crippen molar-refractivity contribution in [3.63, 3.8) is 0 Å². The largest absolute Gasteiger partial charge is 0.444 e. The van der Waals surface area contributed by atoms with Crippen LogP contribution in [0.1, 0.15) is 32.8 Å². The van der Waals surface area contributed by atoms with Crippen LogP contribution in [0.2, 0.25) is 0 Å². The molecule has 6 nitrogen and oxygen atoms in total. The summed E-state index contributed by atoms with van der Waals surface area (Å²) >= 11 is 0. The number of H-pyrrole nitrogens is 1. The molecule has 0 aliphatic carbocycles. The van der Waals surface area contributed by atoms with E-state index in [1.807, 2.05) is 39.0 Å². The quantitative estimate of drug-likeness (QED) is 0.850. The summed E-state index contributed by atoms with van der Waals surface area (Å²) in [5.41, 5.74) is 1.64. The average Bonchev–Trinajstić information content (AvgIpc) is 2.75. The van der Waals surface area contributed by atoms with Crippen molar-refractivity contribution in [3.05, 3.63) is 40.4 Å². The number of rotatable bonds is 4. The van der Waals surface area contributed by atoms with E-state index in [4.69, 9.17) is 9.15 Å². The number of amides is 1. The Morgan fingerprint density at radius 3 is 2.91 bits per heavy atom. The fourth-order valence-electron chi connectivity index (χ4n) is 1.86. The second kappa shape index (κ2) is 6.51. The molecular formula is C16H20N2O4. The number of aromatic amines is 1. The molecule has 0 aliphatic rings. The molecule has 1 aromatic heterocycles. The van der Waals surface area contributed by atoms with Gasteiger partial charge in [-0.2, -0.15) is 0 Å². The number of fused-ring (bicyclic) bond motifs is 1. The summed E-state index contributed by atoms with van der Waals surface area (Å²) in [5, 5.41) is 2.68. The van der Waals surface area contributed by atoms with E-state index in [2.05, 4.69) is 10.3 Å². The van der Waals surface area contributed by atoms with Gasteiger partial charge in [-0.15, -0.1) is 0 Å². The summed E-state index contributed by atoms with van der Waals surface area (Å²) in [7, 11) is 0. The van der Waals surface area contributed by atoms with E-state index in [1.165, 1.54) is 0 Å². The van der Waals surface area contributed by atoms with Gasteiger partial charge in [0.05, 0.1) is 5.52 Å². The lowest BCUT2D eigenvalue weighted by molar-refractivity contribution is 0.0529. The van der Waals surface area contributed by atoms with Gasteiger partial charge in [0.1, 0.15) is 5.60 Å². The molecule has 0 radical (unpaired) electrons. The third-order valence-corrected chi connectivity index (χ3v) is 2.73. The van der Waals surface area contributed by atoms with Crippen molar-refractivity contribution in [1.29, 1.82) is 0 Å². The third kappa shape index (κ3) is 4.80. The maximum atomic E-state index is 11.4. The third-order valence-electron chi connectivity index (χ3n) is 2.73. The molecule has 6 heteroatoms. The van der Waals surface area contributed by atoms with Crippen LogP contribution < -0.4 is 11.1 Å². The average molecular weight is 304 g/mol. The number of alkyl carbamates (subject to hydrolysis) is 1. The van der Waals surface area contributed by atoms with E-state index in [-0.39, 0.29) is 0 Å². The molecule has 0 saturated heterocycles. The van der Waals surface area contributed by atoms with Crippen molar-refractivity contribution in [2.75, 3.05) is 6.54 Å². The van der Waals surface area contributed by atoms with E-state index >= 15 is 0 Å². The molecule has 1 amide bonds. The van der Waals surface area contributed by atoms with Gasteiger partial charge in [-0.3, -0.25) is 4.98 Å². The highest BCUT2D eigenvalue weighted by molar-refractivity contribution is 5.75. The Bertz CT molecular complexity index is 734. The van der Waals surface area contributed by atoms with Crippen molar-refractivity contribution in [2.45, 2.75) is 32.8 Å². The minimum Gasteiger partial charge on any atom is -0.444 e. The molecule has 22 heavy (non-hydrogen) atoms. The molecule has 1 heterocycles. The number of hydrogen-bond donors (Lipinski definition) is 2. The van der Waals surface area contributed by atoms with Crippen molar-refractivity contribution in [1.82, 2.24) is 10.3 Å². The fourth-order valence-corrected chi connectivity index (χ4v) is 1.86. The van der Waals surface area contributed by atoms with E-state index in [0.29, 0.717) is 24.1 Å². The van der Waals surface area contributed by atoms with E-state index in [1.54, 1.807) is 12.1 Å². The van der Waals surface area contributed by atoms with Crippen LogP contribution >= 0.6 is 0 Å². The van der Waals surface area contributed by atoms with Gasteiger partial charge in [0.15, 0.2) is 5.58 Å². The van der Waals surface area contributed by atoms with Crippen LogP contribution in [0.4, 0.5) is 4.79 Å². The molecule has 0 atom stereocenters. The molecule has 118 valence electrons. The fraction of sp³-hybridized carbons (Fsp3) is 0.375. The van der Waals surface area contributed by atoms with Crippen LogP contribution in [-0.4, -0.2) is 23.2 Å². The Morgan fingerprint density at radius 2 is 2.18 bits per heavy atom. The van der Waals surface area contributed by atoms with Crippen molar-refractivity contribution < 1.29 is 13.9 Å². The number of nitrogens with one attached hydrogen (secondary N) is 2. The van der Waals surface area contributed by atoms with Gasteiger partial charge >= 0.3 is 11.8 Å². The Balaban J connectivity index is 1.81. The number of carbonyl (C=O) groups excluding carboxylic acids is 1. The Kier molecular flexibility index (Phi) is 4.70. The van der Waals surface area contributed by atoms with Crippen molar-refractivity contribution >= 4 is 23.3 Å². The molecule has 0 bridgehead atoms. The van der Waals surface area contributed by atoms with E-state index in [0.717, 1.165) is 5.56 Å². The summed E-state index contributed by atoms with van der Waals surface area (Å²) < 4.78 is 10.1. The maximum absolute atomic E-state index is 11.4. The predicted molar refractivity (Wildman–Crippen MR) is 84.7 cm³/mol. The van der Waals surface area contributed by atoms with Crippen LogP contribution in [0.5, 0.6) is 0 Å². The lowest BCUT2D eigenvalue weighted by Crippen LogP contribution is -2.32. The number of ether oxygens (including phenoxy) is 1. The number of hydrogen-bond acceptors (Lipinski definition) is 4. The summed E-state index contributed by atoms with van der Waals surface area (Å²) in [5.74, 6) is -0.460. The standard InChI is InChI=1S/C16H20N2O4/c1-16(2,3)22-14(19)17-9-5-4-6-11-7-8-12-13(10-11)21-15(20)18-12/h4,6-8,10H,5,9H2,1-3H3,(H,17,19)(H,18,20). The van der Waals surface area contributed by atoms with Crippen molar-refractivity contribution in [2.24, 2.45) is 0 Å². The Morgan fingerprint density at radius 1 is 1.41 bits per heavy atom. The number of oxazole rings is 1. The van der Waals surface area contributed by atoms with Crippen molar-refractivity contribution in [3.8, 4) is 0 Å². The SMILES string of the molecule is CC(C)(C)OC(=O)NCCC=Cc1ccc2[nH]c(=O)oc2c1. The number of aromatic nitrogens is 1. The van der Waals surface area contributed by atoms with E-state index in [9.17, 15) is 9.59 Å². The first-order valence-electron chi connectivity index (χ1n) is 7.10. The van der Waals surface area contributed by atoms with Gasteiger partial charge < -0.3 is 14.5 Å². The highest BCUT2D eigenvalue weighted by Gasteiger charge is 2.15. The molecule has 0 aliphatic heterocycles. The number of benzene rings is 1. The lowest BCUT2D eigenvalue weighted by Gasteiger charge is -2.19. The second-order valence-electron chi connectivity index (χ2n) is 5.89. The van der Waals surface area contributed by atoms with Gasteiger partial charge in [0.2, 0.25) is 0 Å². The smallest absolute Gasteiger partial charge is 0.417 e. The van der Waals surface area contributed by atoms with Gasteiger partial charge in [-0.05, 0) is 44.9 Å². The summed E-state index contributed by atoms with van der Waals surface area (Å²) in [6.07, 6.45) is 4.09. The van der Waals surface area contributed by atoms with Gasteiger partial charge in [-0.1, -0.05) is 18.2 Å². The lowest BCUT2D eigenvalue weighted by atomic mass is 10.2. The van der Waals surface area contributed by atoms with E-state index < -0.39 is 17.5 Å². The molecule has 2 aromatic rings. The van der Waals surface area contributed by atoms with Gasteiger partial charge in [0, 0.05) is 6.54 Å². The first-order valence-corrected chi connectivity index (χ1v) is 7.10. The molecule has 0 unspecified atom stereocenters. The monoisotopic (exact) mass is 304 g/mol. The summed E-state index contributed by atoms with van der Waals surface area (Å²) in [6, 6.07) is 5.45. The van der Waals surface area contributed by atoms with Crippen LogP contribution in [0.25, 0.3) is 17.2 Å². The number of carbonyl (C=O) groups is 1. The van der Waals surface area contributed by atoms with Crippen LogP contribution in [0.15, 0.2) is 33.5 Å². The molecule has 0 fully saturated rings. The first kappa shape index (κ1) is 15.9. The molecule has 2 rings (SSSR count). The summed E-state index contributed by atoms with van der Waals surface area (Å²) in [6.45, 7) is 5.96. The predicted octanol–water partition coefficient (Wildman–Crippen LogP) is 3.05.